The van der Waals surface area contributed by atoms with Gasteiger partial charge in [-0.3, -0.25) is 0 Å². The lowest BCUT2D eigenvalue weighted by Gasteiger charge is -1.88. The van der Waals surface area contributed by atoms with Crippen LogP contribution in [0.25, 0.3) is 11.0 Å². The van der Waals surface area contributed by atoms with Crippen LogP contribution in [0.1, 0.15) is 0 Å². The molecule has 2 aromatic rings. The Hall–Kier alpha value is -1.71. The van der Waals surface area contributed by atoms with Crippen LogP contribution in [-0.4, -0.2) is 22.2 Å². The highest BCUT2D eigenvalue weighted by atomic mass is 16.5. The molecule has 0 aliphatic carbocycles. The molecule has 4 heteroatoms. The molecule has 0 aliphatic rings. The molecule has 1 aromatic heterocycles. The number of hydrogen-bond acceptors (Lipinski definition) is 3. The highest BCUT2D eigenvalue weighted by Gasteiger charge is 2.01. The van der Waals surface area contributed by atoms with Crippen LogP contribution in [0.2, 0.25) is 0 Å². The van der Waals surface area contributed by atoms with E-state index in [1.165, 1.54) is 7.11 Å². The number of imidazole rings is 1. The van der Waals surface area contributed by atoms with Crippen molar-refractivity contribution in [3.8, 4) is 11.8 Å². The Labute approximate surface area is 68.8 Å². The second kappa shape index (κ2) is 2.41. The zero-order chi connectivity index (χ0) is 8.55. The number of phenolic OH excluding ortho intramolecular Hbond substituents is 1. The van der Waals surface area contributed by atoms with Gasteiger partial charge < -0.3 is 14.8 Å². The van der Waals surface area contributed by atoms with Gasteiger partial charge in [0.2, 0.25) is 0 Å². The van der Waals surface area contributed by atoms with Crippen LogP contribution in [-0.2, 0) is 0 Å². The third-order valence-corrected chi connectivity index (χ3v) is 1.64. The van der Waals surface area contributed by atoms with Crippen LogP contribution >= 0.6 is 0 Å². The first kappa shape index (κ1) is 6.97. The van der Waals surface area contributed by atoms with Gasteiger partial charge in [0, 0.05) is 6.07 Å². The number of rotatable bonds is 1. The summed E-state index contributed by atoms with van der Waals surface area (Å²) in [5.41, 5.74) is 1.55. The fraction of sp³-hybridized carbons (Fsp3) is 0.125. The van der Waals surface area contributed by atoms with Crippen molar-refractivity contribution < 1.29 is 9.84 Å². The van der Waals surface area contributed by atoms with E-state index in [-0.39, 0.29) is 5.75 Å². The Bertz CT molecular complexity index is 408. The van der Waals surface area contributed by atoms with Gasteiger partial charge in [-0.25, -0.2) is 0 Å². The van der Waals surface area contributed by atoms with Gasteiger partial charge in [0.05, 0.1) is 18.1 Å². The molecule has 0 amide bonds. The summed E-state index contributed by atoms with van der Waals surface area (Å²) in [7, 11) is 1.54. The van der Waals surface area contributed by atoms with E-state index in [4.69, 9.17) is 9.84 Å². The minimum atomic E-state index is 0.216. The molecule has 12 heavy (non-hydrogen) atoms. The lowest BCUT2D eigenvalue weighted by atomic mass is 10.3. The van der Waals surface area contributed by atoms with E-state index in [1.54, 1.807) is 18.2 Å². The number of H-pyrrole nitrogens is 1. The van der Waals surface area contributed by atoms with E-state index in [0.29, 0.717) is 6.01 Å². The molecular formula is C8H8N2O2. The van der Waals surface area contributed by atoms with Crippen molar-refractivity contribution >= 4 is 11.0 Å². The summed E-state index contributed by atoms with van der Waals surface area (Å²) in [5.74, 6) is 0.216. The molecule has 1 aromatic carbocycles. The smallest absolute Gasteiger partial charge is 0.294 e. The number of nitrogens with zero attached hydrogens (tertiary/aromatic N) is 1. The summed E-state index contributed by atoms with van der Waals surface area (Å²) < 4.78 is 4.89. The van der Waals surface area contributed by atoms with Crippen LogP contribution in [0.4, 0.5) is 0 Å². The van der Waals surface area contributed by atoms with Crippen molar-refractivity contribution in [2.24, 2.45) is 0 Å². The fourth-order valence-electron chi connectivity index (χ4n) is 1.07. The number of fused-ring (bicyclic) bond motifs is 1. The van der Waals surface area contributed by atoms with Crippen molar-refractivity contribution in [1.82, 2.24) is 9.97 Å². The van der Waals surface area contributed by atoms with E-state index in [2.05, 4.69) is 9.97 Å². The van der Waals surface area contributed by atoms with Gasteiger partial charge in [0.25, 0.3) is 6.01 Å². The lowest BCUT2D eigenvalue weighted by Crippen LogP contribution is -1.82. The Morgan fingerprint density at radius 3 is 3.08 bits per heavy atom. The van der Waals surface area contributed by atoms with Crippen LogP contribution in [0.3, 0.4) is 0 Å². The maximum atomic E-state index is 9.12. The Morgan fingerprint density at radius 1 is 1.50 bits per heavy atom. The number of aromatic amines is 1. The monoisotopic (exact) mass is 164 g/mol. The molecule has 0 unspecified atom stereocenters. The SMILES string of the molecule is COc1nc2ccc(O)cc2[nH]1. The predicted molar refractivity (Wildman–Crippen MR) is 44.3 cm³/mol. The molecule has 0 radical (unpaired) electrons. The number of aromatic nitrogens is 2. The van der Waals surface area contributed by atoms with Crippen LogP contribution < -0.4 is 4.74 Å². The number of benzene rings is 1. The number of phenols is 1. The fourth-order valence-corrected chi connectivity index (χ4v) is 1.07. The van der Waals surface area contributed by atoms with Crippen LogP contribution in [0.15, 0.2) is 18.2 Å². The average molecular weight is 164 g/mol. The topological polar surface area (TPSA) is 58.1 Å². The first-order valence-electron chi connectivity index (χ1n) is 3.52. The molecule has 0 fully saturated rings. The highest BCUT2D eigenvalue weighted by Crippen LogP contribution is 2.19. The first-order chi connectivity index (χ1) is 5.79. The number of hydrogen-bond donors (Lipinski definition) is 2. The normalized spacial score (nSPS) is 10.4. The van der Waals surface area contributed by atoms with Crippen molar-refractivity contribution in [3.05, 3.63) is 18.2 Å². The summed E-state index contributed by atoms with van der Waals surface area (Å²) in [5, 5.41) is 9.12. The minimum Gasteiger partial charge on any atom is -0.508 e. The molecule has 1 heterocycles. The molecule has 0 saturated carbocycles. The van der Waals surface area contributed by atoms with Crippen molar-refractivity contribution in [1.29, 1.82) is 0 Å². The molecule has 4 nitrogen and oxygen atoms in total. The highest BCUT2D eigenvalue weighted by molar-refractivity contribution is 5.77. The van der Waals surface area contributed by atoms with Crippen molar-refractivity contribution in [2.75, 3.05) is 7.11 Å². The Kier molecular flexibility index (Phi) is 1.40. The molecular weight excluding hydrogens is 156 g/mol. The molecule has 62 valence electrons. The molecule has 2 rings (SSSR count). The molecule has 0 aliphatic heterocycles. The maximum Gasteiger partial charge on any atom is 0.294 e. The van der Waals surface area contributed by atoms with Crippen LogP contribution in [0.5, 0.6) is 11.8 Å². The number of aromatic hydroxyl groups is 1. The molecule has 0 bridgehead atoms. The summed E-state index contributed by atoms with van der Waals surface area (Å²) in [6.45, 7) is 0. The molecule has 2 N–H and O–H groups in total. The molecule has 0 atom stereocenters. The van der Waals surface area contributed by atoms with E-state index in [0.717, 1.165) is 11.0 Å². The van der Waals surface area contributed by atoms with E-state index in [9.17, 15) is 0 Å². The lowest BCUT2D eigenvalue weighted by molar-refractivity contribution is 0.386. The summed E-state index contributed by atoms with van der Waals surface area (Å²) in [4.78, 5) is 6.98. The average Bonchev–Trinajstić information content (AvgIpc) is 2.46. The van der Waals surface area contributed by atoms with Gasteiger partial charge in [0.1, 0.15) is 5.75 Å². The number of methoxy groups -OCH3 is 1. The zero-order valence-electron chi connectivity index (χ0n) is 6.53. The van der Waals surface area contributed by atoms with Crippen molar-refractivity contribution in [2.45, 2.75) is 0 Å². The Balaban J connectivity index is 2.67. The summed E-state index contributed by atoms with van der Waals surface area (Å²) in [6.07, 6.45) is 0. The third-order valence-electron chi connectivity index (χ3n) is 1.64. The second-order valence-corrected chi connectivity index (χ2v) is 2.45. The van der Waals surface area contributed by atoms with E-state index < -0.39 is 0 Å². The molecule has 0 saturated heterocycles. The minimum absolute atomic E-state index is 0.216. The van der Waals surface area contributed by atoms with E-state index >= 15 is 0 Å². The largest absolute Gasteiger partial charge is 0.508 e. The Morgan fingerprint density at radius 2 is 2.33 bits per heavy atom. The zero-order valence-corrected chi connectivity index (χ0v) is 6.53. The van der Waals surface area contributed by atoms with Gasteiger partial charge in [-0.1, -0.05) is 0 Å². The number of ether oxygens (including phenoxy) is 1. The van der Waals surface area contributed by atoms with Crippen LogP contribution in [0, 0.1) is 0 Å². The standard InChI is InChI=1S/C8H8N2O2/c1-12-8-9-6-3-2-5(11)4-7(6)10-8/h2-4,11H,1H3,(H,9,10). The molecule has 0 spiro atoms. The van der Waals surface area contributed by atoms with Gasteiger partial charge in [-0.15, -0.1) is 0 Å². The first-order valence-corrected chi connectivity index (χ1v) is 3.52. The third kappa shape index (κ3) is 0.972. The summed E-state index contributed by atoms with van der Waals surface area (Å²) in [6, 6.07) is 5.37. The van der Waals surface area contributed by atoms with E-state index in [1.807, 2.05) is 0 Å². The van der Waals surface area contributed by atoms with Crippen molar-refractivity contribution in [3.63, 3.8) is 0 Å². The maximum absolute atomic E-state index is 9.12. The predicted octanol–water partition coefficient (Wildman–Crippen LogP) is 1.28. The van der Waals surface area contributed by atoms with Gasteiger partial charge in [0.15, 0.2) is 0 Å². The van der Waals surface area contributed by atoms with Gasteiger partial charge in [-0.05, 0) is 12.1 Å². The summed E-state index contributed by atoms with van der Waals surface area (Å²) >= 11 is 0. The second-order valence-electron chi connectivity index (χ2n) is 2.45. The van der Waals surface area contributed by atoms with Gasteiger partial charge in [-0.2, -0.15) is 4.98 Å². The number of nitrogens with one attached hydrogen (secondary N) is 1. The quantitative estimate of drug-likeness (QED) is 0.667. The van der Waals surface area contributed by atoms with Gasteiger partial charge >= 0.3 is 0 Å².